The maximum absolute atomic E-state index is 13.7. The van der Waals surface area contributed by atoms with Crippen LogP contribution in [-0.4, -0.2) is 76.5 Å². The number of halogens is 1. The summed E-state index contributed by atoms with van der Waals surface area (Å²) in [4.78, 5) is 46.4. The first-order valence-electron chi connectivity index (χ1n) is 13.1. The summed E-state index contributed by atoms with van der Waals surface area (Å²) in [7, 11) is 1.60. The molecule has 0 atom stereocenters. The minimum atomic E-state index is -0.328. The summed E-state index contributed by atoms with van der Waals surface area (Å²) in [6.07, 6.45) is 4.56. The molecule has 0 bridgehead atoms. The largest absolute Gasteiger partial charge is 0.496 e. The van der Waals surface area contributed by atoms with Crippen molar-refractivity contribution in [1.29, 1.82) is 0 Å². The lowest BCUT2D eigenvalue weighted by Gasteiger charge is -2.26. The Bertz CT molecular complexity index is 1480. The molecule has 0 unspecified atom stereocenters. The number of aromatic amines is 1. The van der Waals surface area contributed by atoms with Gasteiger partial charge in [0.1, 0.15) is 10.9 Å². The molecule has 0 spiro atoms. The molecule has 3 N–H and O–H groups in total. The van der Waals surface area contributed by atoms with Gasteiger partial charge in [0.05, 0.1) is 49.4 Å². The number of carbonyl (C=O) groups excluding carboxylic acids is 2. The van der Waals surface area contributed by atoms with Crippen molar-refractivity contribution in [2.24, 2.45) is 0 Å². The fraction of sp³-hybridized carbons (Fsp3) is 0.393. The molecule has 2 aliphatic rings. The van der Waals surface area contributed by atoms with Gasteiger partial charge in [-0.2, -0.15) is 4.98 Å². The molecule has 11 nitrogen and oxygen atoms in total. The first-order valence-corrected chi connectivity index (χ1v) is 13.5. The molecule has 3 aromatic heterocycles. The zero-order valence-corrected chi connectivity index (χ0v) is 23.5. The Morgan fingerprint density at radius 2 is 2.02 bits per heavy atom. The zero-order chi connectivity index (χ0) is 28.4. The third kappa shape index (κ3) is 5.58. The fourth-order valence-electron chi connectivity index (χ4n) is 5.11. The monoisotopic (exact) mass is 565 g/mol. The maximum atomic E-state index is 13.7. The average Bonchev–Trinajstić information content (AvgIpc) is 3.50. The number of aryl methyl sites for hydroxylation is 1. The van der Waals surface area contributed by atoms with E-state index in [4.69, 9.17) is 26.8 Å². The molecule has 1 saturated heterocycles. The van der Waals surface area contributed by atoms with E-state index in [2.05, 4.69) is 24.8 Å². The van der Waals surface area contributed by atoms with Gasteiger partial charge in [-0.25, -0.2) is 4.98 Å². The van der Waals surface area contributed by atoms with E-state index in [1.165, 1.54) is 4.90 Å². The number of hydrogen-bond donors (Lipinski definition) is 2. The number of rotatable bonds is 9. The van der Waals surface area contributed by atoms with E-state index in [9.17, 15) is 9.59 Å². The van der Waals surface area contributed by atoms with Crippen molar-refractivity contribution in [3.8, 4) is 5.75 Å². The normalized spacial score (nSPS) is 16.6. The lowest BCUT2D eigenvalue weighted by molar-refractivity contribution is -0.113. The van der Waals surface area contributed by atoms with Crippen LogP contribution in [0, 0.1) is 13.8 Å². The van der Waals surface area contributed by atoms with Gasteiger partial charge in [-0.1, -0.05) is 11.6 Å². The van der Waals surface area contributed by atoms with Gasteiger partial charge >= 0.3 is 0 Å². The number of Topliss-reactive ketones (excluding diaryl/α,β-unsaturated/α-hetero) is 1. The second-order valence-corrected chi connectivity index (χ2v) is 10.2. The molecule has 2 aliphatic heterocycles. The number of morpholine rings is 1. The Morgan fingerprint density at radius 3 is 2.77 bits per heavy atom. The van der Waals surface area contributed by atoms with E-state index in [-0.39, 0.29) is 29.3 Å². The number of pyridine rings is 1. The van der Waals surface area contributed by atoms with Gasteiger partial charge in [0.15, 0.2) is 11.6 Å². The lowest BCUT2D eigenvalue weighted by Crippen LogP contribution is -2.36. The standard InChI is InChI=1S/C28H32ClN7O4/c1-16-14-31-21(17(2)24(16)39-3)15-36-26-23(25(29)33-28(30)34-26)19(27(36)38)13-18-6-7-20(32-18)22(37)5-4-8-35-9-11-40-12-10-35/h6-7,13-14,32H,4-5,8-12,15H2,1-3H3,(H2,30,33,34)/b19-13-. The fourth-order valence-corrected chi connectivity index (χ4v) is 5.38. The second kappa shape index (κ2) is 11.7. The van der Waals surface area contributed by atoms with E-state index in [1.54, 1.807) is 31.5 Å². The number of nitrogen functional groups attached to an aromatic ring is 1. The summed E-state index contributed by atoms with van der Waals surface area (Å²) in [5, 5.41) is 0.0711. The van der Waals surface area contributed by atoms with Crippen LogP contribution in [0.2, 0.25) is 5.15 Å². The molecule has 1 fully saturated rings. The molecule has 0 saturated carbocycles. The van der Waals surface area contributed by atoms with Crippen LogP contribution in [0.1, 0.15) is 51.4 Å². The van der Waals surface area contributed by atoms with Crippen LogP contribution in [0.25, 0.3) is 11.6 Å². The van der Waals surface area contributed by atoms with Gasteiger partial charge in [-0.05, 0) is 45.0 Å². The van der Waals surface area contributed by atoms with Crippen LogP contribution in [0.4, 0.5) is 11.8 Å². The van der Waals surface area contributed by atoms with E-state index >= 15 is 0 Å². The third-order valence-electron chi connectivity index (χ3n) is 7.21. The molecule has 3 aromatic rings. The number of hydrogen-bond acceptors (Lipinski definition) is 9. The van der Waals surface area contributed by atoms with Gasteiger partial charge in [0.25, 0.3) is 5.91 Å². The van der Waals surface area contributed by atoms with Gasteiger partial charge in [-0.3, -0.25) is 24.4 Å². The van der Waals surface area contributed by atoms with Crippen LogP contribution < -0.4 is 15.4 Å². The number of anilines is 2. The van der Waals surface area contributed by atoms with E-state index in [0.717, 1.165) is 50.4 Å². The number of nitrogens with two attached hydrogens (primary N) is 1. The summed E-state index contributed by atoms with van der Waals surface area (Å²) in [6.45, 7) is 8.06. The quantitative estimate of drug-likeness (QED) is 0.227. The van der Waals surface area contributed by atoms with Crippen molar-refractivity contribution in [1.82, 2.24) is 24.8 Å². The van der Waals surface area contributed by atoms with Crippen molar-refractivity contribution in [3.63, 3.8) is 0 Å². The van der Waals surface area contributed by atoms with Crippen LogP contribution in [0.15, 0.2) is 18.3 Å². The molecule has 0 aromatic carbocycles. The lowest BCUT2D eigenvalue weighted by atomic mass is 10.1. The number of aromatic nitrogens is 4. The molecule has 210 valence electrons. The Morgan fingerprint density at radius 1 is 1.25 bits per heavy atom. The summed E-state index contributed by atoms with van der Waals surface area (Å²) in [5.41, 5.74) is 10.0. The number of methoxy groups -OCH3 is 1. The number of ketones is 1. The molecule has 5 rings (SSSR count). The predicted octanol–water partition coefficient (Wildman–Crippen LogP) is 3.44. The molecule has 1 amide bonds. The summed E-state index contributed by atoms with van der Waals surface area (Å²) < 4.78 is 10.9. The first-order chi connectivity index (χ1) is 19.3. The van der Waals surface area contributed by atoms with Gasteiger partial charge in [0, 0.05) is 42.5 Å². The molecule has 12 heteroatoms. The number of nitrogens with one attached hydrogen (secondary N) is 1. The number of nitrogens with zero attached hydrogens (tertiary/aromatic N) is 5. The van der Waals surface area contributed by atoms with Crippen LogP contribution in [-0.2, 0) is 16.1 Å². The van der Waals surface area contributed by atoms with Crippen molar-refractivity contribution < 1.29 is 19.1 Å². The summed E-state index contributed by atoms with van der Waals surface area (Å²) in [5.74, 6) is 0.660. The van der Waals surface area contributed by atoms with Gasteiger partial charge in [0.2, 0.25) is 5.95 Å². The summed E-state index contributed by atoms with van der Waals surface area (Å²) >= 11 is 6.48. The molecule has 0 radical (unpaired) electrons. The van der Waals surface area contributed by atoms with Crippen molar-refractivity contribution in [2.45, 2.75) is 33.2 Å². The number of H-pyrrole nitrogens is 1. The van der Waals surface area contributed by atoms with Crippen LogP contribution in [0.5, 0.6) is 5.75 Å². The van der Waals surface area contributed by atoms with Crippen molar-refractivity contribution in [2.75, 3.05) is 50.6 Å². The van der Waals surface area contributed by atoms with Crippen LogP contribution >= 0.6 is 11.6 Å². The second-order valence-electron chi connectivity index (χ2n) is 9.87. The Hall–Kier alpha value is -3.80. The molecule has 5 heterocycles. The number of amides is 1. The van der Waals surface area contributed by atoms with Crippen molar-refractivity contribution >= 4 is 46.7 Å². The third-order valence-corrected chi connectivity index (χ3v) is 7.49. The minimum absolute atomic E-state index is 0.0155. The Balaban J connectivity index is 1.38. The number of ether oxygens (including phenoxy) is 2. The van der Waals surface area contributed by atoms with Crippen LogP contribution in [0.3, 0.4) is 0 Å². The SMILES string of the molecule is COc1c(C)cnc(CN2C(=O)/C(=C\c3ccc(C(=O)CCCN4CCOCC4)[nH]3)c3c(Cl)nc(N)nc32)c1C. The minimum Gasteiger partial charge on any atom is -0.496 e. The maximum Gasteiger partial charge on any atom is 0.260 e. The smallest absolute Gasteiger partial charge is 0.260 e. The molecular weight excluding hydrogens is 534 g/mol. The molecule has 0 aliphatic carbocycles. The van der Waals surface area contributed by atoms with E-state index in [1.807, 2.05) is 13.8 Å². The topological polar surface area (TPSA) is 140 Å². The Kier molecular flexibility index (Phi) is 8.15. The zero-order valence-electron chi connectivity index (χ0n) is 22.8. The van der Waals surface area contributed by atoms with Gasteiger partial charge in [-0.15, -0.1) is 0 Å². The molecule has 40 heavy (non-hydrogen) atoms. The summed E-state index contributed by atoms with van der Waals surface area (Å²) in [6, 6.07) is 3.49. The highest BCUT2D eigenvalue weighted by atomic mass is 35.5. The predicted molar refractivity (Wildman–Crippen MR) is 152 cm³/mol. The Labute approximate surface area is 237 Å². The number of fused-ring (bicyclic) bond motifs is 1. The van der Waals surface area contributed by atoms with Crippen molar-refractivity contribution in [3.05, 3.63) is 57.3 Å². The van der Waals surface area contributed by atoms with Gasteiger partial charge < -0.3 is 20.2 Å². The van der Waals surface area contributed by atoms with E-state index in [0.29, 0.717) is 46.2 Å². The highest BCUT2D eigenvalue weighted by Crippen LogP contribution is 2.41. The highest BCUT2D eigenvalue weighted by molar-refractivity contribution is 6.41. The number of carbonyl (C=O) groups is 2. The molecular formula is C28H32ClN7O4. The van der Waals surface area contributed by atoms with E-state index < -0.39 is 0 Å². The average molecular weight is 566 g/mol. The first kappa shape index (κ1) is 27.8. The highest BCUT2D eigenvalue weighted by Gasteiger charge is 2.37.